The summed E-state index contributed by atoms with van der Waals surface area (Å²) < 4.78 is 1.06. The molecule has 2 N–H and O–H groups in total. The van der Waals surface area contributed by atoms with Gasteiger partial charge in [0.05, 0.1) is 5.92 Å². The Morgan fingerprint density at radius 1 is 1.53 bits per heavy atom. The highest BCUT2D eigenvalue weighted by Crippen LogP contribution is 2.32. The predicted molar refractivity (Wildman–Crippen MR) is 71.3 cm³/mol. The van der Waals surface area contributed by atoms with E-state index >= 15 is 0 Å². The Morgan fingerprint density at radius 3 is 2.82 bits per heavy atom. The number of aliphatic carboxylic acids is 1. The molecule has 0 bridgehead atoms. The molecule has 0 saturated heterocycles. The number of rotatable bonds is 4. The number of carboxylic acid groups (broad SMARTS) is 1. The van der Waals surface area contributed by atoms with Crippen LogP contribution in [0.3, 0.4) is 0 Å². The predicted octanol–water partition coefficient (Wildman–Crippen LogP) is 3.29. The van der Waals surface area contributed by atoms with Gasteiger partial charge in [0, 0.05) is 16.2 Å². The van der Waals surface area contributed by atoms with Crippen molar-refractivity contribution in [2.24, 2.45) is 5.92 Å². The molecule has 4 heteroatoms. The molecule has 1 fully saturated rings. The Balaban J connectivity index is 2.11. The number of carbonyl (C=O) groups is 1. The quantitative estimate of drug-likeness (QED) is 0.897. The Hall–Kier alpha value is -1.03. The fourth-order valence-corrected chi connectivity index (χ4v) is 2.57. The van der Waals surface area contributed by atoms with Crippen molar-refractivity contribution in [1.82, 2.24) is 0 Å². The van der Waals surface area contributed by atoms with Crippen LogP contribution < -0.4 is 5.32 Å². The van der Waals surface area contributed by atoms with Gasteiger partial charge in [0.1, 0.15) is 0 Å². The molecule has 1 saturated carbocycles. The molecule has 0 amide bonds. The van der Waals surface area contributed by atoms with Crippen molar-refractivity contribution in [2.45, 2.75) is 32.2 Å². The summed E-state index contributed by atoms with van der Waals surface area (Å²) >= 11 is 3.45. The zero-order chi connectivity index (χ0) is 12.4. The van der Waals surface area contributed by atoms with Gasteiger partial charge < -0.3 is 10.4 Å². The van der Waals surface area contributed by atoms with Crippen LogP contribution in [0, 0.1) is 5.92 Å². The molecule has 2 unspecified atom stereocenters. The third kappa shape index (κ3) is 2.63. The number of benzene rings is 1. The lowest BCUT2D eigenvalue weighted by atomic mass is 9.79. The van der Waals surface area contributed by atoms with Crippen LogP contribution in [0.4, 0.5) is 5.69 Å². The van der Waals surface area contributed by atoms with Crippen molar-refractivity contribution < 1.29 is 9.90 Å². The molecule has 0 spiro atoms. The minimum absolute atomic E-state index is 0.0824. The normalized spacial score (nSPS) is 22.9. The van der Waals surface area contributed by atoms with Crippen molar-refractivity contribution in [3.8, 4) is 0 Å². The van der Waals surface area contributed by atoms with Crippen LogP contribution >= 0.6 is 15.9 Å². The van der Waals surface area contributed by atoms with Gasteiger partial charge in [0.25, 0.3) is 0 Å². The molecule has 2 rings (SSSR count). The summed E-state index contributed by atoms with van der Waals surface area (Å²) in [6.45, 7) is 2.10. The van der Waals surface area contributed by atoms with Crippen LogP contribution in [0.15, 0.2) is 22.7 Å². The Labute approximate surface area is 109 Å². The zero-order valence-corrected chi connectivity index (χ0v) is 11.3. The first-order valence-corrected chi connectivity index (χ1v) is 6.69. The molecule has 3 nitrogen and oxygen atoms in total. The van der Waals surface area contributed by atoms with Crippen LogP contribution in [0.25, 0.3) is 0 Å². The number of hydrogen-bond donors (Lipinski definition) is 2. The van der Waals surface area contributed by atoms with Gasteiger partial charge in [-0.1, -0.05) is 22.9 Å². The zero-order valence-electron chi connectivity index (χ0n) is 9.74. The summed E-state index contributed by atoms with van der Waals surface area (Å²) in [6, 6.07) is 6.16. The second kappa shape index (κ2) is 5.08. The molecule has 2 atom stereocenters. The van der Waals surface area contributed by atoms with E-state index in [1.807, 2.05) is 12.1 Å². The first kappa shape index (κ1) is 12.4. The Kier molecular flexibility index (Phi) is 3.72. The third-order valence-electron chi connectivity index (χ3n) is 3.38. The van der Waals surface area contributed by atoms with Gasteiger partial charge in [0.15, 0.2) is 0 Å². The molecule has 0 radical (unpaired) electrons. The van der Waals surface area contributed by atoms with Gasteiger partial charge >= 0.3 is 5.97 Å². The smallest absolute Gasteiger partial charge is 0.308 e. The molecule has 1 aliphatic rings. The minimum Gasteiger partial charge on any atom is -0.481 e. The molecule has 1 aromatic rings. The number of carboxylic acids is 1. The molecule has 17 heavy (non-hydrogen) atoms. The van der Waals surface area contributed by atoms with Gasteiger partial charge in [-0.25, -0.2) is 0 Å². The average molecular weight is 298 g/mol. The Bertz CT molecular complexity index is 433. The number of aryl methyl sites for hydroxylation is 1. The highest BCUT2D eigenvalue weighted by Gasteiger charge is 2.36. The fraction of sp³-hybridized carbons (Fsp3) is 0.462. The van der Waals surface area contributed by atoms with Gasteiger partial charge in [-0.15, -0.1) is 0 Å². The van der Waals surface area contributed by atoms with Crippen molar-refractivity contribution >= 4 is 27.6 Å². The van der Waals surface area contributed by atoms with Gasteiger partial charge in [-0.2, -0.15) is 0 Å². The number of anilines is 1. The molecule has 1 aliphatic carbocycles. The van der Waals surface area contributed by atoms with Crippen LogP contribution in [0.2, 0.25) is 0 Å². The highest BCUT2D eigenvalue weighted by molar-refractivity contribution is 9.10. The average Bonchev–Trinajstić information content (AvgIpc) is 2.24. The molecular formula is C13H16BrNO2. The molecule has 0 aliphatic heterocycles. The summed E-state index contributed by atoms with van der Waals surface area (Å²) in [5.41, 5.74) is 2.28. The van der Waals surface area contributed by atoms with Gasteiger partial charge in [0.2, 0.25) is 0 Å². The Morgan fingerprint density at radius 2 is 2.29 bits per heavy atom. The number of hydrogen-bond acceptors (Lipinski definition) is 2. The molecule has 92 valence electrons. The standard InChI is InChI=1S/C13H16BrNO2/c1-2-8-7-9(14)3-5-11(8)15-12-6-4-10(12)13(16)17/h3,5,7,10,12,15H,2,4,6H2,1H3,(H,16,17). The van der Waals surface area contributed by atoms with E-state index in [4.69, 9.17) is 5.11 Å². The van der Waals surface area contributed by atoms with Crippen LogP contribution in [-0.4, -0.2) is 17.1 Å². The maximum absolute atomic E-state index is 10.9. The molecule has 1 aromatic carbocycles. The maximum atomic E-state index is 10.9. The van der Waals surface area contributed by atoms with Crippen molar-refractivity contribution in [3.63, 3.8) is 0 Å². The van der Waals surface area contributed by atoms with Crippen molar-refractivity contribution in [3.05, 3.63) is 28.2 Å². The van der Waals surface area contributed by atoms with E-state index in [-0.39, 0.29) is 12.0 Å². The third-order valence-corrected chi connectivity index (χ3v) is 3.87. The van der Waals surface area contributed by atoms with E-state index in [1.165, 1.54) is 5.56 Å². The molecule has 0 heterocycles. The van der Waals surface area contributed by atoms with Crippen LogP contribution in [0.1, 0.15) is 25.3 Å². The summed E-state index contributed by atoms with van der Waals surface area (Å²) in [6.07, 6.45) is 2.66. The summed E-state index contributed by atoms with van der Waals surface area (Å²) in [5, 5.41) is 12.4. The number of halogens is 1. The summed E-state index contributed by atoms with van der Waals surface area (Å²) in [5.74, 6) is -0.924. The highest BCUT2D eigenvalue weighted by atomic mass is 79.9. The van der Waals surface area contributed by atoms with E-state index in [0.29, 0.717) is 0 Å². The summed E-state index contributed by atoms with van der Waals surface area (Å²) in [4.78, 5) is 10.9. The second-order valence-electron chi connectivity index (χ2n) is 4.43. The first-order valence-electron chi connectivity index (χ1n) is 5.89. The lowest BCUT2D eigenvalue weighted by Gasteiger charge is -2.35. The van der Waals surface area contributed by atoms with Gasteiger partial charge in [-0.3, -0.25) is 4.79 Å². The summed E-state index contributed by atoms with van der Waals surface area (Å²) in [7, 11) is 0. The van der Waals surface area contributed by atoms with E-state index in [0.717, 1.165) is 29.4 Å². The lowest BCUT2D eigenvalue weighted by Crippen LogP contribution is -2.43. The van der Waals surface area contributed by atoms with Crippen molar-refractivity contribution in [2.75, 3.05) is 5.32 Å². The van der Waals surface area contributed by atoms with Crippen LogP contribution in [0.5, 0.6) is 0 Å². The maximum Gasteiger partial charge on any atom is 0.308 e. The van der Waals surface area contributed by atoms with E-state index in [1.54, 1.807) is 0 Å². The van der Waals surface area contributed by atoms with E-state index in [2.05, 4.69) is 34.2 Å². The first-order chi connectivity index (χ1) is 8.11. The van der Waals surface area contributed by atoms with E-state index < -0.39 is 5.97 Å². The molecular weight excluding hydrogens is 282 g/mol. The largest absolute Gasteiger partial charge is 0.481 e. The minimum atomic E-state index is -0.691. The molecule has 0 aromatic heterocycles. The second-order valence-corrected chi connectivity index (χ2v) is 5.34. The van der Waals surface area contributed by atoms with Crippen molar-refractivity contribution in [1.29, 1.82) is 0 Å². The van der Waals surface area contributed by atoms with Crippen LogP contribution in [-0.2, 0) is 11.2 Å². The monoisotopic (exact) mass is 297 g/mol. The fourth-order valence-electron chi connectivity index (χ4n) is 2.16. The van der Waals surface area contributed by atoms with Gasteiger partial charge in [-0.05, 0) is 43.0 Å². The lowest BCUT2D eigenvalue weighted by molar-refractivity contribution is -0.144. The topological polar surface area (TPSA) is 49.3 Å². The number of nitrogens with one attached hydrogen (secondary N) is 1. The SMILES string of the molecule is CCc1cc(Br)ccc1NC1CCC1C(=O)O. The van der Waals surface area contributed by atoms with E-state index in [9.17, 15) is 4.79 Å².